The number of aryl methyl sites for hydroxylation is 1. The van der Waals surface area contributed by atoms with Crippen LogP contribution in [-0.2, 0) is 6.42 Å². The molecule has 2 nitrogen and oxygen atoms in total. The van der Waals surface area contributed by atoms with Gasteiger partial charge in [0.15, 0.2) is 0 Å². The molecule has 74 valence electrons. The molecule has 14 heavy (non-hydrogen) atoms. The fourth-order valence-electron chi connectivity index (χ4n) is 1.77. The number of allylic oxidation sites excluding steroid dienone is 2. The average molecular weight is 188 g/mol. The van der Waals surface area contributed by atoms with E-state index >= 15 is 0 Å². The lowest BCUT2D eigenvalue weighted by atomic mass is 9.95. The lowest BCUT2D eigenvalue weighted by Crippen LogP contribution is -2.04. The Morgan fingerprint density at radius 2 is 2.14 bits per heavy atom. The summed E-state index contributed by atoms with van der Waals surface area (Å²) < 4.78 is 0. The van der Waals surface area contributed by atoms with Crippen LogP contribution >= 0.6 is 0 Å². The van der Waals surface area contributed by atoms with Gasteiger partial charge in [-0.2, -0.15) is 0 Å². The predicted octanol–water partition coefficient (Wildman–Crippen LogP) is 2.86. The third kappa shape index (κ3) is 2.00. The molecule has 0 radical (unpaired) electrons. The zero-order valence-corrected chi connectivity index (χ0v) is 8.61. The van der Waals surface area contributed by atoms with Crippen molar-refractivity contribution in [1.82, 2.24) is 9.97 Å². The van der Waals surface area contributed by atoms with Crippen LogP contribution < -0.4 is 0 Å². The maximum absolute atomic E-state index is 4.41. The van der Waals surface area contributed by atoms with Crippen molar-refractivity contribution in [2.75, 3.05) is 0 Å². The summed E-state index contributed by atoms with van der Waals surface area (Å²) in [5.41, 5.74) is 1.22. The molecule has 0 N–H and O–H groups in total. The van der Waals surface area contributed by atoms with Gasteiger partial charge in [-0.15, -0.1) is 0 Å². The second-order valence-corrected chi connectivity index (χ2v) is 3.77. The molecule has 1 aliphatic carbocycles. The highest BCUT2D eigenvalue weighted by Crippen LogP contribution is 2.24. The molecule has 2 rings (SSSR count). The summed E-state index contributed by atoms with van der Waals surface area (Å²) in [4.78, 5) is 8.82. The summed E-state index contributed by atoms with van der Waals surface area (Å²) in [7, 11) is 0. The summed E-state index contributed by atoms with van der Waals surface area (Å²) in [6, 6.07) is 0. The van der Waals surface area contributed by atoms with Crippen LogP contribution in [0.1, 0.15) is 43.5 Å². The Hall–Kier alpha value is -1.18. The Morgan fingerprint density at radius 3 is 2.71 bits per heavy atom. The maximum atomic E-state index is 4.41. The second kappa shape index (κ2) is 4.36. The number of rotatable bonds is 2. The van der Waals surface area contributed by atoms with Gasteiger partial charge in [0, 0.05) is 18.3 Å². The molecule has 0 spiro atoms. The summed E-state index contributed by atoms with van der Waals surface area (Å²) in [5.74, 6) is 1.44. The molecule has 1 atom stereocenters. The fourth-order valence-corrected chi connectivity index (χ4v) is 1.77. The molecular weight excluding hydrogens is 172 g/mol. The zero-order valence-electron chi connectivity index (χ0n) is 8.61. The number of hydrogen-bond acceptors (Lipinski definition) is 2. The van der Waals surface area contributed by atoms with Gasteiger partial charge in [0.1, 0.15) is 5.82 Å². The van der Waals surface area contributed by atoms with E-state index in [0.717, 1.165) is 12.2 Å². The van der Waals surface area contributed by atoms with E-state index in [1.807, 2.05) is 12.4 Å². The maximum Gasteiger partial charge on any atom is 0.135 e. The smallest absolute Gasteiger partial charge is 0.135 e. The van der Waals surface area contributed by atoms with Gasteiger partial charge in [0.2, 0.25) is 0 Å². The molecular formula is C12H16N2. The monoisotopic (exact) mass is 188 g/mol. The first kappa shape index (κ1) is 9.38. The van der Waals surface area contributed by atoms with Gasteiger partial charge in [0.05, 0.1) is 0 Å². The Balaban J connectivity index is 2.15. The third-order valence-corrected chi connectivity index (χ3v) is 2.72. The quantitative estimate of drug-likeness (QED) is 0.667. The van der Waals surface area contributed by atoms with Crippen LogP contribution in [0.4, 0.5) is 0 Å². The molecule has 0 aromatic carbocycles. The molecule has 0 amide bonds. The Kier molecular flexibility index (Phi) is 2.92. The van der Waals surface area contributed by atoms with Crippen LogP contribution in [0.2, 0.25) is 0 Å². The summed E-state index contributed by atoms with van der Waals surface area (Å²) in [5, 5.41) is 0. The molecule has 0 saturated heterocycles. The van der Waals surface area contributed by atoms with Crippen molar-refractivity contribution >= 4 is 0 Å². The minimum absolute atomic E-state index is 0.453. The van der Waals surface area contributed by atoms with Gasteiger partial charge < -0.3 is 0 Å². The van der Waals surface area contributed by atoms with E-state index in [2.05, 4.69) is 29.0 Å². The number of nitrogens with zero attached hydrogens (tertiary/aromatic N) is 2. The summed E-state index contributed by atoms with van der Waals surface area (Å²) >= 11 is 0. The minimum atomic E-state index is 0.453. The van der Waals surface area contributed by atoms with Crippen LogP contribution in [0, 0.1) is 0 Å². The van der Waals surface area contributed by atoms with E-state index < -0.39 is 0 Å². The molecule has 1 aliphatic rings. The molecule has 1 aromatic heterocycles. The Morgan fingerprint density at radius 1 is 1.36 bits per heavy atom. The molecule has 1 unspecified atom stereocenters. The molecule has 0 bridgehead atoms. The van der Waals surface area contributed by atoms with E-state index in [-0.39, 0.29) is 0 Å². The number of hydrogen-bond donors (Lipinski definition) is 0. The molecule has 2 heteroatoms. The van der Waals surface area contributed by atoms with Crippen molar-refractivity contribution in [2.24, 2.45) is 0 Å². The largest absolute Gasteiger partial charge is 0.240 e. The SMILES string of the molecule is CCc1cnc(C2C=CCCC2)nc1. The Bertz CT molecular complexity index is 314. The summed E-state index contributed by atoms with van der Waals surface area (Å²) in [6.07, 6.45) is 13.1. The predicted molar refractivity (Wildman–Crippen MR) is 57.1 cm³/mol. The van der Waals surface area contributed by atoms with E-state index in [4.69, 9.17) is 0 Å². The summed E-state index contributed by atoms with van der Waals surface area (Å²) in [6.45, 7) is 2.12. The molecule has 0 saturated carbocycles. The van der Waals surface area contributed by atoms with Gasteiger partial charge in [-0.25, -0.2) is 9.97 Å². The van der Waals surface area contributed by atoms with Crippen molar-refractivity contribution in [3.63, 3.8) is 0 Å². The van der Waals surface area contributed by atoms with E-state index in [1.54, 1.807) is 0 Å². The standard InChI is InChI=1S/C12H16N2/c1-2-10-8-13-12(14-9-10)11-6-4-3-5-7-11/h4,6,8-9,11H,2-3,5,7H2,1H3. The normalized spacial score (nSPS) is 21.1. The van der Waals surface area contributed by atoms with Crippen molar-refractivity contribution in [3.8, 4) is 0 Å². The highest BCUT2D eigenvalue weighted by Gasteiger charge is 2.12. The Labute approximate surface area is 85.1 Å². The van der Waals surface area contributed by atoms with Gasteiger partial charge in [0.25, 0.3) is 0 Å². The third-order valence-electron chi connectivity index (χ3n) is 2.72. The first-order chi connectivity index (χ1) is 6.90. The molecule has 1 heterocycles. The fraction of sp³-hybridized carbons (Fsp3) is 0.500. The van der Waals surface area contributed by atoms with E-state index in [0.29, 0.717) is 5.92 Å². The van der Waals surface area contributed by atoms with Crippen molar-refractivity contribution in [1.29, 1.82) is 0 Å². The lowest BCUT2D eigenvalue weighted by Gasteiger charge is -2.14. The van der Waals surface area contributed by atoms with Crippen LogP contribution in [0.25, 0.3) is 0 Å². The van der Waals surface area contributed by atoms with E-state index in [9.17, 15) is 0 Å². The van der Waals surface area contributed by atoms with Crippen LogP contribution in [0.5, 0.6) is 0 Å². The minimum Gasteiger partial charge on any atom is -0.240 e. The molecule has 0 aliphatic heterocycles. The first-order valence-corrected chi connectivity index (χ1v) is 5.37. The van der Waals surface area contributed by atoms with Crippen molar-refractivity contribution in [2.45, 2.75) is 38.5 Å². The number of aromatic nitrogens is 2. The van der Waals surface area contributed by atoms with Gasteiger partial charge in [-0.3, -0.25) is 0 Å². The first-order valence-electron chi connectivity index (χ1n) is 5.37. The van der Waals surface area contributed by atoms with Gasteiger partial charge >= 0.3 is 0 Å². The van der Waals surface area contributed by atoms with E-state index in [1.165, 1.54) is 24.8 Å². The lowest BCUT2D eigenvalue weighted by molar-refractivity contribution is 0.624. The van der Waals surface area contributed by atoms with Crippen molar-refractivity contribution < 1.29 is 0 Å². The zero-order chi connectivity index (χ0) is 9.80. The molecule has 0 fully saturated rings. The highest BCUT2D eigenvalue weighted by atomic mass is 14.9. The molecule has 1 aromatic rings. The highest BCUT2D eigenvalue weighted by molar-refractivity contribution is 5.13. The van der Waals surface area contributed by atoms with Crippen LogP contribution in [0.3, 0.4) is 0 Å². The van der Waals surface area contributed by atoms with Gasteiger partial charge in [-0.1, -0.05) is 19.1 Å². The van der Waals surface area contributed by atoms with Crippen molar-refractivity contribution in [3.05, 3.63) is 35.9 Å². The average Bonchev–Trinajstić information content (AvgIpc) is 2.30. The van der Waals surface area contributed by atoms with Crippen LogP contribution in [-0.4, -0.2) is 9.97 Å². The second-order valence-electron chi connectivity index (χ2n) is 3.77. The van der Waals surface area contributed by atoms with Gasteiger partial charge in [-0.05, 0) is 31.2 Å². The topological polar surface area (TPSA) is 25.8 Å². The van der Waals surface area contributed by atoms with Crippen LogP contribution in [0.15, 0.2) is 24.5 Å².